The van der Waals surface area contributed by atoms with Crippen LogP contribution in [0.4, 0.5) is 0 Å². The molecule has 0 bridgehead atoms. The average Bonchev–Trinajstić information content (AvgIpc) is 2.46. The number of aromatic hydroxyl groups is 1. The zero-order valence-electron chi connectivity index (χ0n) is 10.7. The second-order valence-electron chi connectivity index (χ2n) is 4.58. The quantitative estimate of drug-likeness (QED) is 0.751. The predicted molar refractivity (Wildman–Crippen MR) is 80.8 cm³/mol. The van der Waals surface area contributed by atoms with E-state index in [1.807, 2.05) is 0 Å². The summed E-state index contributed by atoms with van der Waals surface area (Å²) < 4.78 is 0. The van der Waals surface area contributed by atoms with Crippen molar-refractivity contribution in [1.29, 1.82) is 0 Å². The number of rotatable bonds is 2. The van der Waals surface area contributed by atoms with E-state index in [1.54, 1.807) is 36.4 Å². The van der Waals surface area contributed by atoms with Crippen molar-refractivity contribution in [1.82, 2.24) is 4.98 Å². The van der Waals surface area contributed by atoms with Gasteiger partial charge in [0.2, 0.25) is 0 Å². The van der Waals surface area contributed by atoms with Crippen LogP contribution < -0.4 is 0 Å². The molecule has 0 unspecified atom stereocenters. The molecule has 0 saturated heterocycles. The van der Waals surface area contributed by atoms with Crippen molar-refractivity contribution >= 4 is 28.5 Å². The Morgan fingerprint density at radius 2 is 1.76 bits per heavy atom. The second kappa shape index (κ2) is 5.07. The van der Waals surface area contributed by atoms with E-state index in [-0.39, 0.29) is 11.3 Å². The average molecular weight is 300 g/mol. The minimum absolute atomic E-state index is 0.152. The fraction of sp³-hybridized carbons (Fsp3) is 0. The Hall–Kier alpha value is -2.59. The van der Waals surface area contributed by atoms with Gasteiger partial charge in [0.25, 0.3) is 0 Å². The van der Waals surface area contributed by atoms with Crippen molar-refractivity contribution in [2.75, 3.05) is 0 Å². The van der Waals surface area contributed by atoms with Gasteiger partial charge in [0.1, 0.15) is 5.75 Å². The largest absolute Gasteiger partial charge is 0.508 e. The number of fused-ring (bicyclic) bond motifs is 1. The Morgan fingerprint density at radius 1 is 1.05 bits per heavy atom. The van der Waals surface area contributed by atoms with E-state index < -0.39 is 5.97 Å². The van der Waals surface area contributed by atoms with Gasteiger partial charge < -0.3 is 10.2 Å². The number of pyridine rings is 1. The third-order valence-electron chi connectivity index (χ3n) is 3.16. The Labute approximate surface area is 125 Å². The lowest BCUT2D eigenvalue weighted by molar-refractivity contribution is 0.0697. The van der Waals surface area contributed by atoms with Crippen LogP contribution in [0.2, 0.25) is 5.02 Å². The summed E-state index contributed by atoms with van der Waals surface area (Å²) in [6, 6.07) is 12.9. The van der Waals surface area contributed by atoms with Gasteiger partial charge >= 0.3 is 5.97 Å². The zero-order valence-corrected chi connectivity index (χ0v) is 11.5. The highest BCUT2D eigenvalue weighted by Crippen LogP contribution is 2.30. The number of benzene rings is 2. The van der Waals surface area contributed by atoms with Gasteiger partial charge in [0, 0.05) is 10.9 Å². The van der Waals surface area contributed by atoms with Gasteiger partial charge in [0.05, 0.1) is 21.8 Å². The minimum Gasteiger partial charge on any atom is -0.508 e. The Balaban J connectivity index is 2.13. The van der Waals surface area contributed by atoms with Crippen LogP contribution in [0.3, 0.4) is 0 Å². The number of hydrogen-bond donors (Lipinski definition) is 2. The van der Waals surface area contributed by atoms with Gasteiger partial charge in [-0.25, -0.2) is 9.78 Å². The maximum Gasteiger partial charge on any atom is 0.335 e. The van der Waals surface area contributed by atoms with E-state index in [0.717, 1.165) is 10.9 Å². The van der Waals surface area contributed by atoms with Crippen molar-refractivity contribution < 1.29 is 15.0 Å². The number of carbonyl (C=O) groups is 1. The summed E-state index contributed by atoms with van der Waals surface area (Å²) in [7, 11) is 0. The van der Waals surface area contributed by atoms with E-state index in [2.05, 4.69) is 4.98 Å². The van der Waals surface area contributed by atoms with E-state index in [0.29, 0.717) is 16.2 Å². The molecule has 1 aromatic heterocycles. The monoisotopic (exact) mass is 299 g/mol. The Bertz CT molecular complexity index is 844. The summed E-state index contributed by atoms with van der Waals surface area (Å²) >= 11 is 6.23. The van der Waals surface area contributed by atoms with Crippen LogP contribution in [0.15, 0.2) is 48.5 Å². The van der Waals surface area contributed by atoms with Crippen LogP contribution in [0.5, 0.6) is 5.75 Å². The van der Waals surface area contributed by atoms with Crippen molar-refractivity contribution in [3.63, 3.8) is 0 Å². The summed E-state index contributed by atoms with van der Waals surface area (Å²) in [6.45, 7) is 0. The normalized spacial score (nSPS) is 10.7. The molecule has 0 atom stereocenters. The molecule has 5 heteroatoms. The standard InChI is InChI=1S/C16H10ClNO3/c17-13-8-11-7-12(19)5-6-14(11)18-15(13)9-1-3-10(4-2-9)16(20)21/h1-8,19H,(H,20,21). The van der Waals surface area contributed by atoms with Crippen LogP contribution in [-0.4, -0.2) is 21.2 Å². The van der Waals surface area contributed by atoms with Gasteiger partial charge in [-0.2, -0.15) is 0 Å². The van der Waals surface area contributed by atoms with Crippen LogP contribution in [0, 0.1) is 0 Å². The zero-order chi connectivity index (χ0) is 15.0. The van der Waals surface area contributed by atoms with Crippen LogP contribution in [0.25, 0.3) is 22.2 Å². The van der Waals surface area contributed by atoms with Crippen molar-refractivity contribution in [2.24, 2.45) is 0 Å². The fourth-order valence-electron chi connectivity index (χ4n) is 2.11. The molecule has 0 aliphatic carbocycles. The van der Waals surface area contributed by atoms with E-state index in [1.165, 1.54) is 12.1 Å². The first-order valence-electron chi connectivity index (χ1n) is 6.17. The molecule has 2 N–H and O–H groups in total. The molecule has 0 spiro atoms. The third-order valence-corrected chi connectivity index (χ3v) is 3.45. The van der Waals surface area contributed by atoms with Gasteiger partial charge in [0.15, 0.2) is 0 Å². The SMILES string of the molecule is O=C(O)c1ccc(-c2nc3ccc(O)cc3cc2Cl)cc1. The number of nitrogens with zero attached hydrogens (tertiary/aromatic N) is 1. The molecule has 3 aromatic rings. The van der Waals surface area contributed by atoms with Crippen LogP contribution in [-0.2, 0) is 0 Å². The number of hydrogen-bond acceptors (Lipinski definition) is 3. The molecule has 1 heterocycles. The lowest BCUT2D eigenvalue weighted by Crippen LogP contribution is -1.95. The molecule has 0 amide bonds. The number of carboxylic acids is 1. The third kappa shape index (κ3) is 2.53. The number of phenolic OH excluding ortho intramolecular Hbond substituents is 1. The molecule has 0 fully saturated rings. The summed E-state index contributed by atoms with van der Waals surface area (Å²) in [6.07, 6.45) is 0. The lowest BCUT2D eigenvalue weighted by Gasteiger charge is -2.07. The van der Waals surface area contributed by atoms with Gasteiger partial charge in [-0.15, -0.1) is 0 Å². The molecular formula is C16H10ClNO3. The Morgan fingerprint density at radius 3 is 2.43 bits per heavy atom. The minimum atomic E-state index is -0.977. The number of aromatic nitrogens is 1. The maximum absolute atomic E-state index is 10.9. The molecule has 3 rings (SSSR count). The van der Waals surface area contributed by atoms with Gasteiger partial charge in [-0.1, -0.05) is 23.7 Å². The summed E-state index contributed by atoms with van der Waals surface area (Å²) in [5, 5.41) is 19.5. The molecule has 0 aliphatic rings. The summed E-state index contributed by atoms with van der Waals surface area (Å²) in [5.41, 5.74) is 2.22. The fourth-order valence-corrected chi connectivity index (χ4v) is 2.38. The van der Waals surface area contributed by atoms with E-state index in [4.69, 9.17) is 16.7 Å². The summed E-state index contributed by atoms with van der Waals surface area (Å²) in [5.74, 6) is -0.825. The number of phenols is 1. The highest BCUT2D eigenvalue weighted by Gasteiger charge is 2.09. The molecule has 0 saturated carbocycles. The molecule has 104 valence electrons. The van der Waals surface area contributed by atoms with Crippen molar-refractivity contribution in [3.8, 4) is 17.0 Å². The van der Waals surface area contributed by atoms with Gasteiger partial charge in [-0.3, -0.25) is 0 Å². The topological polar surface area (TPSA) is 70.4 Å². The van der Waals surface area contributed by atoms with Crippen molar-refractivity contribution in [2.45, 2.75) is 0 Å². The van der Waals surface area contributed by atoms with Crippen molar-refractivity contribution in [3.05, 3.63) is 59.1 Å². The Kier molecular flexibility index (Phi) is 3.23. The first kappa shape index (κ1) is 13.4. The highest BCUT2D eigenvalue weighted by atomic mass is 35.5. The maximum atomic E-state index is 10.9. The molecule has 4 nitrogen and oxygen atoms in total. The second-order valence-corrected chi connectivity index (χ2v) is 4.99. The molecule has 2 aromatic carbocycles. The van der Waals surface area contributed by atoms with Crippen LogP contribution >= 0.6 is 11.6 Å². The molecule has 0 radical (unpaired) electrons. The smallest absolute Gasteiger partial charge is 0.335 e. The summed E-state index contributed by atoms with van der Waals surface area (Å²) in [4.78, 5) is 15.3. The van der Waals surface area contributed by atoms with Crippen LogP contribution in [0.1, 0.15) is 10.4 Å². The first-order chi connectivity index (χ1) is 10.0. The van der Waals surface area contributed by atoms with E-state index in [9.17, 15) is 9.90 Å². The lowest BCUT2D eigenvalue weighted by atomic mass is 10.1. The number of aromatic carboxylic acids is 1. The molecular weight excluding hydrogens is 290 g/mol. The highest BCUT2D eigenvalue weighted by molar-refractivity contribution is 6.33. The first-order valence-corrected chi connectivity index (χ1v) is 6.55. The molecule has 0 aliphatic heterocycles. The van der Waals surface area contributed by atoms with Gasteiger partial charge in [-0.05, 0) is 36.4 Å². The number of halogens is 1. The predicted octanol–water partition coefficient (Wildman–Crippen LogP) is 3.96. The number of carboxylic acid groups (broad SMARTS) is 1. The van der Waals surface area contributed by atoms with E-state index >= 15 is 0 Å². The molecule has 21 heavy (non-hydrogen) atoms.